The zero-order valence-electron chi connectivity index (χ0n) is 12.9. The Hall–Kier alpha value is -0.170. The highest BCUT2D eigenvalue weighted by Crippen LogP contribution is 2.37. The minimum absolute atomic E-state index is 0.176. The van der Waals surface area contributed by atoms with Crippen molar-refractivity contribution >= 4 is 10.2 Å². The van der Waals surface area contributed by atoms with E-state index >= 15 is 0 Å². The summed E-state index contributed by atoms with van der Waals surface area (Å²) in [7, 11) is -1.56. The second-order valence-corrected chi connectivity index (χ2v) is 8.44. The summed E-state index contributed by atoms with van der Waals surface area (Å²) in [5.74, 6) is 0. The van der Waals surface area contributed by atoms with Crippen LogP contribution in [0.15, 0.2) is 0 Å². The number of hydrogen-bond acceptors (Lipinski definition) is 3. The first-order chi connectivity index (χ1) is 9.50. The predicted octanol–water partition coefficient (Wildman–Crippen LogP) is 1.43. The summed E-state index contributed by atoms with van der Waals surface area (Å²) in [6.45, 7) is 6.13. The molecule has 2 aliphatic heterocycles. The quantitative estimate of drug-likeness (QED) is 0.836. The molecule has 20 heavy (non-hydrogen) atoms. The van der Waals surface area contributed by atoms with E-state index in [4.69, 9.17) is 0 Å². The Morgan fingerprint density at radius 1 is 1.30 bits per heavy atom. The van der Waals surface area contributed by atoms with Gasteiger partial charge in [-0.25, -0.2) is 0 Å². The smallest absolute Gasteiger partial charge is 0.281 e. The van der Waals surface area contributed by atoms with Crippen LogP contribution in [0.3, 0.4) is 0 Å². The lowest BCUT2D eigenvalue weighted by Gasteiger charge is -2.45. The van der Waals surface area contributed by atoms with Crippen molar-refractivity contribution in [1.82, 2.24) is 13.9 Å². The molecule has 118 valence electrons. The van der Waals surface area contributed by atoms with Crippen molar-refractivity contribution < 1.29 is 8.42 Å². The maximum atomic E-state index is 12.6. The summed E-state index contributed by atoms with van der Waals surface area (Å²) in [5, 5.41) is 3.45. The number of unbranched alkanes of at least 4 members (excludes halogenated alkanes) is 1. The average molecular weight is 303 g/mol. The lowest BCUT2D eigenvalue weighted by atomic mass is 9.75. The molecule has 0 saturated carbocycles. The number of nitrogens with one attached hydrogen (secondary N) is 1. The van der Waals surface area contributed by atoms with Crippen LogP contribution in [-0.2, 0) is 10.2 Å². The Balaban J connectivity index is 2.03. The third-order valence-electron chi connectivity index (χ3n) is 4.73. The van der Waals surface area contributed by atoms with Gasteiger partial charge in [-0.3, -0.25) is 0 Å². The molecule has 6 heteroatoms. The summed E-state index contributed by atoms with van der Waals surface area (Å²) in [6.07, 6.45) is 6.42. The summed E-state index contributed by atoms with van der Waals surface area (Å²) in [6, 6.07) is 0. The molecular weight excluding hydrogens is 274 g/mol. The Labute approximate surface area is 123 Å². The van der Waals surface area contributed by atoms with Gasteiger partial charge in [0.2, 0.25) is 0 Å². The van der Waals surface area contributed by atoms with Gasteiger partial charge >= 0.3 is 0 Å². The van der Waals surface area contributed by atoms with Gasteiger partial charge in [0.25, 0.3) is 10.2 Å². The van der Waals surface area contributed by atoms with Crippen LogP contribution in [0.1, 0.15) is 45.4 Å². The molecule has 1 atom stereocenters. The van der Waals surface area contributed by atoms with Crippen LogP contribution in [0.25, 0.3) is 0 Å². The standard InChI is InChI=1S/C14H29N3O2S/c1-3-4-10-16(2)20(18,19)17-11-6-8-14(13-17)7-5-9-15-12-14/h15H,3-13H2,1-2H3. The summed E-state index contributed by atoms with van der Waals surface area (Å²) >= 11 is 0. The SMILES string of the molecule is CCCCN(C)S(=O)(=O)N1CCCC2(CCCNC2)C1. The van der Waals surface area contributed by atoms with Crippen LogP contribution in [0.5, 0.6) is 0 Å². The van der Waals surface area contributed by atoms with Gasteiger partial charge in [-0.05, 0) is 44.1 Å². The first-order valence-corrected chi connectivity index (χ1v) is 9.32. The van der Waals surface area contributed by atoms with E-state index in [1.807, 2.05) is 0 Å². The molecule has 5 nitrogen and oxygen atoms in total. The van der Waals surface area contributed by atoms with Crippen molar-refractivity contribution in [2.45, 2.75) is 45.4 Å². The van der Waals surface area contributed by atoms with Crippen molar-refractivity contribution in [2.75, 3.05) is 39.8 Å². The highest BCUT2D eigenvalue weighted by molar-refractivity contribution is 7.86. The third-order valence-corrected chi connectivity index (χ3v) is 6.67. The van der Waals surface area contributed by atoms with E-state index in [2.05, 4.69) is 12.2 Å². The zero-order chi connectivity index (χ0) is 14.6. The molecule has 0 amide bonds. The van der Waals surface area contributed by atoms with E-state index in [-0.39, 0.29) is 5.41 Å². The van der Waals surface area contributed by atoms with Crippen LogP contribution in [-0.4, -0.2) is 56.8 Å². The summed E-state index contributed by atoms with van der Waals surface area (Å²) in [4.78, 5) is 0. The number of hydrogen-bond donors (Lipinski definition) is 1. The van der Waals surface area contributed by atoms with Crippen LogP contribution >= 0.6 is 0 Å². The highest BCUT2D eigenvalue weighted by Gasteiger charge is 2.41. The molecule has 0 aromatic rings. The van der Waals surface area contributed by atoms with E-state index in [9.17, 15) is 8.42 Å². The van der Waals surface area contributed by atoms with E-state index in [1.54, 1.807) is 11.4 Å². The molecule has 2 saturated heterocycles. The highest BCUT2D eigenvalue weighted by atomic mass is 32.2. The van der Waals surface area contributed by atoms with Crippen LogP contribution in [0, 0.1) is 5.41 Å². The van der Waals surface area contributed by atoms with Crippen molar-refractivity contribution in [3.63, 3.8) is 0 Å². The second-order valence-electron chi connectivity index (χ2n) is 6.40. The molecule has 2 heterocycles. The molecule has 0 aliphatic carbocycles. The van der Waals surface area contributed by atoms with E-state index in [1.165, 1.54) is 10.7 Å². The Bertz CT molecular complexity index is 399. The molecular formula is C14H29N3O2S. The summed E-state index contributed by atoms with van der Waals surface area (Å²) < 4.78 is 28.6. The van der Waals surface area contributed by atoms with Crippen LogP contribution in [0.2, 0.25) is 0 Å². The van der Waals surface area contributed by atoms with Crippen molar-refractivity contribution in [3.8, 4) is 0 Å². The zero-order valence-corrected chi connectivity index (χ0v) is 13.7. The third kappa shape index (κ3) is 3.53. The summed E-state index contributed by atoms with van der Waals surface area (Å²) in [5.41, 5.74) is 0.176. The van der Waals surface area contributed by atoms with Crippen LogP contribution < -0.4 is 5.32 Å². The van der Waals surface area contributed by atoms with Crippen molar-refractivity contribution in [2.24, 2.45) is 5.41 Å². The van der Waals surface area contributed by atoms with Gasteiger partial charge in [-0.15, -0.1) is 0 Å². The largest absolute Gasteiger partial charge is 0.316 e. The van der Waals surface area contributed by atoms with E-state index in [0.717, 1.165) is 45.2 Å². The fourth-order valence-corrected chi connectivity index (χ4v) is 4.98. The number of nitrogens with zero attached hydrogens (tertiary/aromatic N) is 2. The van der Waals surface area contributed by atoms with E-state index < -0.39 is 10.2 Å². The molecule has 2 fully saturated rings. The minimum atomic E-state index is -3.27. The monoisotopic (exact) mass is 303 g/mol. The van der Waals surface area contributed by atoms with Gasteiger partial charge < -0.3 is 5.32 Å². The molecule has 2 aliphatic rings. The first-order valence-electron chi connectivity index (χ1n) is 7.92. The molecule has 1 unspecified atom stereocenters. The van der Waals surface area contributed by atoms with E-state index in [0.29, 0.717) is 19.6 Å². The minimum Gasteiger partial charge on any atom is -0.316 e. The molecule has 2 rings (SSSR count). The molecule has 0 radical (unpaired) electrons. The predicted molar refractivity (Wildman–Crippen MR) is 81.8 cm³/mol. The second kappa shape index (κ2) is 6.73. The van der Waals surface area contributed by atoms with Gasteiger partial charge in [0.05, 0.1) is 0 Å². The number of rotatable bonds is 5. The number of piperidine rings is 2. The van der Waals surface area contributed by atoms with Gasteiger partial charge in [0, 0.05) is 33.2 Å². The van der Waals surface area contributed by atoms with Crippen molar-refractivity contribution in [3.05, 3.63) is 0 Å². The molecule has 0 aromatic heterocycles. The molecule has 1 spiro atoms. The maximum absolute atomic E-state index is 12.6. The van der Waals surface area contributed by atoms with Crippen molar-refractivity contribution in [1.29, 1.82) is 0 Å². The first kappa shape index (κ1) is 16.2. The topological polar surface area (TPSA) is 52.7 Å². The van der Waals surface area contributed by atoms with Gasteiger partial charge in [-0.1, -0.05) is 13.3 Å². The molecule has 0 aromatic carbocycles. The average Bonchev–Trinajstić information content (AvgIpc) is 2.45. The normalized spacial score (nSPS) is 29.1. The molecule has 0 bridgehead atoms. The molecule has 1 N–H and O–H groups in total. The lowest BCUT2D eigenvalue weighted by molar-refractivity contribution is 0.107. The lowest BCUT2D eigenvalue weighted by Crippen LogP contribution is -2.54. The fourth-order valence-electron chi connectivity index (χ4n) is 3.43. The Kier molecular flexibility index (Phi) is 5.45. The Morgan fingerprint density at radius 3 is 2.70 bits per heavy atom. The van der Waals surface area contributed by atoms with Gasteiger partial charge in [-0.2, -0.15) is 17.0 Å². The van der Waals surface area contributed by atoms with Gasteiger partial charge in [0.1, 0.15) is 0 Å². The van der Waals surface area contributed by atoms with Crippen LogP contribution in [0.4, 0.5) is 0 Å². The van der Waals surface area contributed by atoms with Gasteiger partial charge in [0.15, 0.2) is 0 Å². The maximum Gasteiger partial charge on any atom is 0.281 e. The Morgan fingerprint density at radius 2 is 2.05 bits per heavy atom. The fraction of sp³-hybridized carbons (Fsp3) is 1.00.